The van der Waals surface area contributed by atoms with Gasteiger partial charge in [0.05, 0.1) is 22.6 Å². The highest BCUT2D eigenvalue weighted by Gasteiger charge is 2.33. The Morgan fingerprint density at radius 2 is 1.82 bits per heavy atom. The van der Waals surface area contributed by atoms with Gasteiger partial charge in [-0.2, -0.15) is 13.2 Å². The smallest absolute Gasteiger partial charge is 0.416 e. The van der Waals surface area contributed by atoms with Crippen LogP contribution in [0.1, 0.15) is 32.8 Å². The number of hydrogen-bond acceptors (Lipinski definition) is 7. The number of alkyl halides is 3. The number of aromatic carboxylic acids is 1. The molecule has 0 saturated carbocycles. The highest BCUT2D eigenvalue weighted by molar-refractivity contribution is 8.26. The fourth-order valence-electron chi connectivity index (χ4n) is 3.68. The zero-order chi connectivity index (χ0) is 28.3. The van der Waals surface area contributed by atoms with Gasteiger partial charge < -0.3 is 15.5 Å². The van der Waals surface area contributed by atoms with Crippen molar-refractivity contribution >= 4 is 69.2 Å². The van der Waals surface area contributed by atoms with Crippen LogP contribution in [-0.4, -0.2) is 43.8 Å². The highest BCUT2D eigenvalue weighted by atomic mass is 32.2. The van der Waals surface area contributed by atoms with Gasteiger partial charge in [-0.1, -0.05) is 30.0 Å². The Balaban J connectivity index is 1.42. The molecule has 13 heteroatoms. The number of nitrogens with one attached hydrogen (secondary N) is 1. The molecule has 1 saturated heterocycles. The minimum absolute atomic E-state index is 0.0286. The Hall–Kier alpha value is -3.52. The summed E-state index contributed by atoms with van der Waals surface area (Å²) in [5.74, 6) is -1.87. The van der Waals surface area contributed by atoms with Crippen molar-refractivity contribution < 1.29 is 37.8 Å². The predicted octanol–water partition coefficient (Wildman–Crippen LogP) is 5.85. The van der Waals surface area contributed by atoms with Crippen LogP contribution in [0.25, 0.3) is 17.2 Å². The molecule has 1 aliphatic heterocycles. The fourth-order valence-corrected chi connectivity index (χ4v) is 5.90. The molecule has 2 heterocycles. The minimum Gasteiger partial charge on any atom is -0.478 e. The monoisotopic (exact) mass is 592 g/mol. The Labute approximate surface area is 234 Å². The van der Waals surface area contributed by atoms with E-state index in [1.165, 1.54) is 46.6 Å². The predicted molar refractivity (Wildman–Crippen MR) is 147 cm³/mol. The summed E-state index contributed by atoms with van der Waals surface area (Å²) in [7, 11) is 0. The lowest BCUT2D eigenvalue weighted by molar-refractivity contribution is -0.137. The molecule has 0 aliphatic carbocycles. The molecular formula is C26H19F3N2O5S3. The second kappa shape index (κ2) is 11.7. The number of amides is 2. The minimum atomic E-state index is -4.53. The van der Waals surface area contributed by atoms with E-state index in [9.17, 15) is 32.7 Å². The number of halogens is 3. The molecule has 202 valence electrons. The van der Waals surface area contributed by atoms with Crippen LogP contribution in [-0.2, 0) is 22.4 Å². The molecule has 1 aliphatic rings. The van der Waals surface area contributed by atoms with Crippen LogP contribution < -0.4 is 5.32 Å². The maximum atomic E-state index is 13.2. The first-order chi connectivity index (χ1) is 18.5. The zero-order valence-electron chi connectivity index (χ0n) is 19.8. The van der Waals surface area contributed by atoms with Crippen LogP contribution in [0.4, 0.5) is 18.9 Å². The summed E-state index contributed by atoms with van der Waals surface area (Å²) in [6.07, 6.45) is -3.00. The summed E-state index contributed by atoms with van der Waals surface area (Å²) < 4.78 is 39.9. The van der Waals surface area contributed by atoms with E-state index in [1.807, 2.05) is 0 Å². The van der Waals surface area contributed by atoms with Gasteiger partial charge in [0, 0.05) is 23.5 Å². The van der Waals surface area contributed by atoms with Gasteiger partial charge in [-0.05, 0) is 70.6 Å². The molecule has 2 amide bonds. The molecule has 0 radical (unpaired) electrons. The molecular weight excluding hydrogens is 573 g/mol. The molecule has 7 nitrogen and oxygen atoms in total. The second-order valence-electron chi connectivity index (χ2n) is 8.28. The van der Waals surface area contributed by atoms with Crippen LogP contribution in [0.3, 0.4) is 0 Å². The van der Waals surface area contributed by atoms with E-state index in [0.717, 1.165) is 23.9 Å². The molecule has 1 aromatic heterocycles. The lowest BCUT2D eigenvalue weighted by atomic mass is 9.99. The van der Waals surface area contributed by atoms with Crippen molar-refractivity contribution in [2.75, 3.05) is 11.9 Å². The van der Waals surface area contributed by atoms with Gasteiger partial charge in [0.2, 0.25) is 5.91 Å². The largest absolute Gasteiger partial charge is 0.478 e. The van der Waals surface area contributed by atoms with Crippen LogP contribution in [0.15, 0.2) is 58.8 Å². The van der Waals surface area contributed by atoms with Crippen molar-refractivity contribution in [3.05, 3.63) is 80.4 Å². The number of carbonyl (C=O) groups is 3. The number of thioether (sulfide) groups is 1. The van der Waals surface area contributed by atoms with E-state index < -0.39 is 30.2 Å². The number of carboxylic acids is 1. The van der Waals surface area contributed by atoms with Crippen LogP contribution in [0.5, 0.6) is 0 Å². The number of aliphatic hydroxyl groups excluding tert-OH is 1. The molecule has 1 fully saturated rings. The van der Waals surface area contributed by atoms with Gasteiger partial charge in [-0.25, -0.2) is 4.79 Å². The number of benzene rings is 2. The lowest BCUT2D eigenvalue weighted by Gasteiger charge is -2.14. The van der Waals surface area contributed by atoms with Crippen molar-refractivity contribution in [1.29, 1.82) is 0 Å². The number of thiocarbonyl (C=S) groups is 1. The molecule has 39 heavy (non-hydrogen) atoms. The molecule has 3 N–H and O–H groups in total. The van der Waals surface area contributed by atoms with Gasteiger partial charge in [0.1, 0.15) is 4.32 Å². The first kappa shape index (κ1) is 28.5. The SMILES string of the molecule is O=C(CCN1C(=O)C(=Cc2cc(-c3cc(C(F)(F)F)ccc3CO)cs2)SC1=S)Nc1ccc(C(=O)O)cc1. The van der Waals surface area contributed by atoms with E-state index in [-0.39, 0.29) is 34.3 Å². The number of anilines is 1. The molecule has 0 atom stereocenters. The summed E-state index contributed by atoms with van der Waals surface area (Å²) in [6.45, 7) is -0.403. The van der Waals surface area contributed by atoms with Gasteiger partial charge in [0.25, 0.3) is 5.91 Å². The van der Waals surface area contributed by atoms with Gasteiger partial charge in [-0.15, -0.1) is 11.3 Å². The van der Waals surface area contributed by atoms with E-state index in [4.69, 9.17) is 17.3 Å². The maximum absolute atomic E-state index is 13.2. The van der Waals surface area contributed by atoms with Crippen molar-refractivity contribution in [1.82, 2.24) is 4.90 Å². The third kappa shape index (κ3) is 6.74. The summed E-state index contributed by atoms with van der Waals surface area (Å²) in [5.41, 5.74) is 0.733. The summed E-state index contributed by atoms with van der Waals surface area (Å²) in [5, 5.41) is 22.8. The molecule has 2 aromatic carbocycles. The number of hydrogen-bond donors (Lipinski definition) is 3. The van der Waals surface area contributed by atoms with Crippen LogP contribution in [0.2, 0.25) is 0 Å². The number of nitrogens with zero attached hydrogens (tertiary/aromatic N) is 1. The van der Waals surface area contributed by atoms with Crippen molar-refractivity contribution in [3.63, 3.8) is 0 Å². The molecule has 0 bridgehead atoms. The van der Waals surface area contributed by atoms with Gasteiger partial charge >= 0.3 is 12.1 Å². The number of rotatable bonds is 8. The molecule has 0 spiro atoms. The van der Waals surface area contributed by atoms with Crippen molar-refractivity contribution in [2.45, 2.75) is 19.2 Å². The number of thiophene rings is 1. The van der Waals surface area contributed by atoms with Crippen LogP contribution >= 0.6 is 35.3 Å². The third-order valence-electron chi connectivity index (χ3n) is 5.66. The number of carboxylic acid groups (broad SMARTS) is 1. The van der Waals surface area contributed by atoms with E-state index in [2.05, 4.69) is 5.32 Å². The van der Waals surface area contributed by atoms with Gasteiger partial charge in [-0.3, -0.25) is 14.5 Å². The Morgan fingerprint density at radius 1 is 1.10 bits per heavy atom. The number of carbonyl (C=O) groups excluding carboxylic acids is 2. The van der Waals surface area contributed by atoms with Crippen molar-refractivity contribution in [2.24, 2.45) is 0 Å². The van der Waals surface area contributed by atoms with E-state index >= 15 is 0 Å². The molecule has 0 unspecified atom stereocenters. The average molecular weight is 593 g/mol. The normalized spacial score (nSPS) is 14.8. The maximum Gasteiger partial charge on any atom is 0.416 e. The zero-order valence-corrected chi connectivity index (χ0v) is 22.3. The first-order valence-electron chi connectivity index (χ1n) is 11.2. The molecule has 4 rings (SSSR count). The summed E-state index contributed by atoms with van der Waals surface area (Å²) >= 11 is 7.58. The van der Waals surface area contributed by atoms with Crippen molar-refractivity contribution in [3.8, 4) is 11.1 Å². The number of aliphatic hydroxyl groups is 1. The Bertz CT molecular complexity index is 1480. The van der Waals surface area contributed by atoms with E-state index in [0.29, 0.717) is 26.6 Å². The van der Waals surface area contributed by atoms with Crippen LogP contribution in [0, 0.1) is 0 Å². The summed E-state index contributed by atoms with van der Waals surface area (Å²) in [4.78, 5) is 38.4. The topological polar surface area (TPSA) is 107 Å². The van der Waals surface area contributed by atoms with Gasteiger partial charge in [0.15, 0.2) is 0 Å². The third-order valence-corrected chi connectivity index (χ3v) is 7.92. The summed E-state index contributed by atoms with van der Waals surface area (Å²) in [6, 6.07) is 10.4. The Morgan fingerprint density at radius 3 is 2.46 bits per heavy atom. The van der Waals surface area contributed by atoms with E-state index in [1.54, 1.807) is 17.5 Å². The standard InChI is InChI=1S/C26H19F3N2O5S3/c27-26(28,29)17-4-1-15(12-32)20(10-17)16-9-19(38-13-16)11-21-23(34)31(25(37)39-21)8-7-22(33)30-18-5-2-14(3-6-18)24(35)36/h1-6,9-11,13,32H,7-8,12H2,(H,30,33)(H,35,36). The lowest BCUT2D eigenvalue weighted by Crippen LogP contribution is -2.31. The fraction of sp³-hybridized carbons (Fsp3) is 0.154. The molecule has 3 aromatic rings. The quantitative estimate of drug-likeness (QED) is 0.222. The highest BCUT2D eigenvalue weighted by Crippen LogP contribution is 2.38. The second-order valence-corrected chi connectivity index (χ2v) is 10.9. The first-order valence-corrected chi connectivity index (χ1v) is 13.3. The Kier molecular flexibility index (Phi) is 8.54. The average Bonchev–Trinajstić information content (AvgIpc) is 3.46.